The summed E-state index contributed by atoms with van der Waals surface area (Å²) in [5.74, 6) is -0.203. The summed E-state index contributed by atoms with van der Waals surface area (Å²) < 4.78 is 12.9. The molecule has 0 bridgehead atoms. The van der Waals surface area contributed by atoms with E-state index in [-0.39, 0.29) is 5.82 Å². The van der Waals surface area contributed by atoms with Gasteiger partial charge in [-0.3, -0.25) is 4.98 Å². The highest BCUT2D eigenvalue weighted by Crippen LogP contribution is 2.34. The van der Waals surface area contributed by atoms with Crippen molar-refractivity contribution in [3.63, 3.8) is 0 Å². The Kier molecular flexibility index (Phi) is 3.97. The first-order chi connectivity index (χ1) is 10.2. The smallest absolute Gasteiger partial charge is 0.123 e. The lowest BCUT2D eigenvalue weighted by Crippen LogP contribution is -1.99. The summed E-state index contributed by atoms with van der Waals surface area (Å²) in [5, 5.41) is 3.41. The second-order valence-electron chi connectivity index (χ2n) is 4.80. The number of thiophene rings is 1. The molecule has 0 saturated carbocycles. The predicted octanol–water partition coefficient (Wildman–Crippen LogP) is 4.87. The van der Waals surface area contributed by atoms with Gasteiger partial charge in [-0.1, -0.05) is 12.1 Å². The number of benzene rings is 1. The highest BCUT2D eigenvalue weighted by molar-refractivity contribution is 7.16. The van der Waals surface area contributed by atoms with Crippen LogP contribution in [0, 0.1) is 12.7 Å². The van der Waals surface area contributed by atoms with Crippen LogP contribution in [0.5, 0.6) is 0 Å². The van der Waals surface area contributed by atoms with E-state index in [0.717, 1.165) is 11.3 Å². The molecule has 0 amide bonds. The van der Waals surface area contributed by atoms with Crippen molar-refractivity contribution in [3.05, 3.63) is 71.1 Å². The standard InChI is InChI=1S/C17H15FN2S/c1-12-16(20-11-13-2-4-15(18)5-3-13)10-17(21-12)14-6-8-19-9-7-14/h2-10,20H,11H2,1H3. The molecule has 2 heterocycles. The first-order valence-electron chi connectivity index (χ1n) is 6.71. The topological polar surface area (TPSA) is 24.9 Å². The van der Waals surface area contributed by atoms with Gasteiger partial charge in [0.05, 0.1) is 0 Å². The molecule has 0 aliphatic heterocycles. The highest BCUT2D eigenvalue weighted by Gasteiger charge is 2.07. The van der Waals surface area contributed by atoms with Gasteiger partial charge in [-0.15, -0.1) is 11.3 Å². The lowest BCUT2D eigenvalue weighted by atomic mass is 10.2. The van der Waals surface area contributed by atoms with E-state index in [1.54, 1.807) is 35.9 Å². The third-order valence-electron chi connectivity index (χ3n) is 3.28. The van der Waals surface area contributed by atoms with Gasteiger partial charge in [-0.2, -0.15) is 0 Å². The SMILES string of the molecule is Cc1sc(-c2ccncc2)cc1NCc1ccc(F)cc1. The van der Waals surface area contributed by atoms with E-state index < -0.39 is 0 Å². The van der Waals surface area contributed by atoms with Crippen LogP contribution < -0.4 is 5.32 Å². The molecule has 0 fully saturated rings. The first-order valence-corrected chi connectivity index (χ1v) is 7.53. The van der Waals surface area contributed by atoms with E-state index >= 15 is 0 Å². The minimum absolute atomic E-state index is 0.203. The van der Waals surface area contributed by atoms with Crippen LogP contribution in [0.2, 0.25) is 0 Å². The Hall–Kier alpha value is -2.20. The predicted molar refractivity (Wildman–Crippen MR) is 86.0 cm³/mol. The maximum Gasteiger partial charge on any atom is 0.123 e. The molecule has 0 spiro atoms. The molecule has 0 radical (unpaired) electrons. The number of rotatable bonds is 4. The van der Waals surface area contributed by atoms with Gasteiger partial charge in [0.1, 0.15) is 5.82 Å². The van der Waals surface area contributed by atoms with Crippen LogP contribution in [-0.4, -0.2) is 4.98 Å². The monoisotopic (exact) mass is 298 g/mol. The fourth-order valence-corrected chi connectivity index (χ4v) is 3.12. The molecular formula is C17H15FN2S. The molecule has 0 aliphatic carbocycles. The number of nitrogens with one attached hydrogen (secondary N) is 1. The van der Waals surface area contributed by atoms with Gasteiger partial charge in [0.2, 0.25) is 0 Å². The van der Waals surface area contributed by atoms with E-state index in [1.165, 1.54) is 27.5 Å². The maximum absolute atomic E-state index is 12.9. The molecule has 2 nitrogen and oxygen atoms in total. The summed E-state index contributed by atoms with van der Waals surface area (Å²) in [4.78, 5) is 6.50. The zero-order valence-corrected chi connectivity index (χ0v) is 12.5. The summed E-state index contributed by atoms with van der Waals surface area (Å²) in [6.45, 7) is 2.79. The minimum atomic E-state index is -0.203. The molecule has 1 aromatic carbocycles. The highest BCUT2D eigenvalue weighted by atomic mass is 32.1. The van der Waals surface area contributed by atoms with Crippen molar-refractivity contribution in [2.45, 2.75) is 13.5 Å². The molecule has 4 heteroatoms. The van der Waals surface area contributed by atoms with E-state index in [9.17, 15) is 4.39 Å². The number of anilines is 1. The zero-order chi connectivity index (χ0) is 14.7. The van der Waals surface area contributed by atoms with Gasteiger partial charge in [0, 0.05) is 34.4 Å². The minimum Gasteiger partial charge on any atom is -0.380 e. The Morgan fingerprint density at radius 3 is 2.52 bits per heavy atom. The summed E-state index contributed by atoms with van der Waals surface area (Å²) >= 11 is 1.75. The fourth-order valence-electron chi connectivity index (χ4n) is 2.12. The van der Waals surface area contributed by atoms with Gasteiger partial charge >= 0.3 is 0 Å². The molecule has 106 valence electrons. The molecule has 0 unspecified atom stereocenters. The molecule has 3 aromatic rings. The second-order valence-corrected chi connectivity index (χ2v) is 6.05. The average Bonchev–Trinajstić information content (AvgIpc) is 2.89. The Bertz CT molecular complexity index is 720. The summed E-state index contributed by atoms with van der Waals surface area (Å²) in [5.41, 5.74) is 3.36. The van der Waals surface area contributed by atoms with E-state index in [0.29, 0.717) is 6.54 Å². The Morgan fingerprint density at radius 1 is 1.10 bits per heavy atom. The van der Waals surface area contributed by atoms with Crippen molar-refractivity contribution < 1.29 is 4.39 Å². The van der Waals surface area contributed by atoms with Crippen LogP contribution in [0.1, 0.15) is 10.4 Å². The van der Waals surface area contributed by atoms with E-state index in [2.05, 4.69) is 23.3 Å². The van der Waals surface area contributed by atoms with Crippen LogP contribution in [0.15, 0.2) is 54.9 Å². The van der Waals surface area contributed by atoms with E-state index in [4.69, 9.17) is 0 Å². The lowest BCUT2D eigenvalue weighted by molar-refractivity contribution is 0.627. The summed E-state index contributed by atoms with van der Waals surface area (Å²) in [6.07, 6.45) is 3.60. The van der Waals surface area contributed by atoms with Gasteiger partial charge in [0.15, 0.2) is 0 Å². The molecule has 0 atom stereocenters. The van der Waals surface area contributed by atoms with Crippen LogP contribution in [-0.2, 0) is 6.54 Å². The van der Waals surface area contributed by atoms with E-state index in [1.807, 2.05) is 12.1 Å². The quantitative estimate of drug-likeness (QED) is 0.743. The number of halogens is 1. The van der Waals surface area contributed by atoms with Crippen molar-refractivity contribution in [2.75, 3.05) is 5.32 Å². The second kappa shape index (κ2) is 6.06. The van der Waals surface area contributed by atoms with Crippen LogP contribution in [0.3, 0.4) is 0 Å². The van der Waals surface area contributed by atoms with Crippen molar-refractivity contribution in [1.82, 2.24) is 4.98 Å². The fraction of sp³-hybridized carbons (Fsp3) is 0.118. The van der Waals surface area contributed by atoms with Gasteiger partial charge in [0.25, 0.3) is 0 Å². The Morgan fingerprint density at radius 2 is 1.81 bits per heavy atom. The number of aryl methyl sites for hydroxylation is 1. The molecular weight excluding hydrogens is 283 g/mol. The Balaban J connectivity index is 1.74. The van der Waals surface area contributed by atoms with Crippen molar-refractivity contribution in [3.8, 4) is 10.4 Å². The average molecular weight is 298 g/mol. The summed E-state index contributed by atoms with van der Waals surface area (Å²) in [7, 11) is 0. The molecule has 0 aliphatic rings. The van der Waals surface area contributed by atoms with Crippen molar-refractivity contribution in [2.24, 2.45) is 0 Å². The van der Waals surface area contributed by atoms with Crippen LogP contribution in [0.25, 0.3) is 10.4 Å². The number of pyridine rings is 1. The summed E-state index contributed by atoms with van der Waals surface area (Å²) in [6, 6.07) is 12.7. The van der Waals surface area contributed by atoms with Crippen molar-refractivity contribution in [1.29, 1.82) is 0 Å². The van der Waals surface area contributed by atoms with Crippen LogP contribution in [0.4, 0.5) is 10.1 Å². The Labute approximate surface area is 127 Å². The zero-order valence-electron chi connectivity index (χ0n) is 11.6. The van der Waals surface area contributed by atoms with Gasteiger partial charge in [-0.25, -0.2) is 4.39 Å². The number of hydrogen-bond acceptors (Lipinski definition) is 3. The number of nitrogens with zero attached hydrogens (tertiary/aromatic N) is 1. The molecule has 0 saturated heterocycles. The van der Waals surface area contributed by atoms with Gasteiger partial charge in [-0.05, 0) is 48.4 Å². The molecule has 21 heavy (non-hydrogen) atoms. The third-order valence-corrected chi connectivity index (χ3v) is 4.38. The molecule has 1 N–H and O–H groups in total. The number of hydrogen-bond donors (Lipinski definition) is 1. The third kappa shape index (κ3) is 3.28. The van der Waals surface area contributed by atoms with Crippen molar-refractivity contribution >= 4 is 17.0 Å². The largest absolute Gasteiger partial charge is 0.380 e. The normalized spacial score (nSPS) is 10.6. The lowest BCUT2D eigenvalue weighted by Gasteiger charge is -2.05. The van der Waals surface area contributed by atoms with Gasteiger partial charge < -0.3 is 5.32 Å². The molecule has 3 rings (SSSR count). The number of aromatic nitrogens is 1. The molecule has 2 aromatic heterocycles. The first kappa shape index (κ1) is 13.8. The van der Waals surface area contributed by atoms with Crippen LogP contribution >= 0.6 is 11.3 Å². The maximum atomic E-state index is 12.9.